The average molecular weight is 366 g/mol. The third-order valence-corrected chi connectivity index (χ3v) is 4.57. The number of benzene rings is 1. The van der Waals surface area contributed by atoms with Crippen LogP contribution >= 0.6 is 12.4 Å². The van der Waals surface area contributed by atoms with Crippen LogP contribution < -0.4 is 10.1 Å². The molecule has 0 spiro atoms. The van der Waals surface area contributed by atoms with Crippen molar-refractivity contribution in [1.82, 2.24) is 15.4 Å². The molecule has 1 aliphatic rings. The second-order valence-electron chi connectivity index (χ2n) is 6.15. The molecule has 2 aromatic rings. The molecule has 1 N–H and O–H groups in total. The van der Waals surface area contributed by atoms with Gasteiger partial charge in [-0.3, -0.25) is 4.79 Å². The minimum absolute atomic E-state index is 0. The third kappa shape index (κ3) is 4.14. The van der Waals surface area contributed by atoms with Crippen molar-refractivity contribution in [2.75, 3.05) is 20.1 Å². The summed E-state index contributed by atoms with van der Waals surface area (Å²) in [6.07, 6.45) is 0.977. The topological polar surface area (TPSA) is 67.6 Å². The van der Waals surface area contributed by atoms with Crippen LogP contribution in [0.5, 0.6) is 5.75 Å². The van der Waals surface area contributed by atoms with Crippen LogP contribution in [0.25, 0.3) is 0 Å². The maximum Gasteiger partial charge on any atom is 0.257 e. The fraction of sp³-hybridized carbons (Fsp3) is 0.444. The van der Waals surface area contributed by atoms with Crippen LogP contribution in [0.3, 0.4) is 0 Å². The summed E-state index contributed by atoms with van der Waals surface area (Å²) in [6.45, 7) is 5.86. The van der Waals surface area contributed by atoms with Gasteiger partial charge in [-0.2, -0.15) is 0 Å². The summed E-state index contributed by atoms with van der Waals surface area (Å²) >= 11 is 0. The second kappa shape index (κ2) is 8.36. The lowest BCUT2D eigenvalue weighted by atomic mass is 10.1. The van der Waals surface area contributed by atoms with E-state index in [2.05, 4.69) is 10.5 Å². The Labute approximate surface area is 153 Å². The molecule has 25 heavy (non-hydrogen) atoms. The highest BCUT2D eigenvalue weighted by Crippen LogP contribution is 2.23. The molecular formula is C18H24ClN3O3. The number of aryl methyl sites for hydroxylation is 2. The number of para-hydroxylation sites is 1. The van der Waals surface area contributed by atoms with Crippen LogP contribution in [0, 0.1) is 13.8 Å². The third-order valence-electron chi connectivity index (χ3n) is 4.57. The first-order valence-electron chi connectivity index (χ1n) is 8.19. The van der Waals surface area contributed by atoms with Crippen LogP contribution in [-0.2, 0) is 6.61 Å². The summed E-state index contributed by atoms with van der Waals surface area (Å²) in [5.74, 6) is 1.31. The summed E-state index contributed by atoms with van der Waals surface area (Å²) in [5, 5.41) is 7.22. The van der Waals surface area contributed by atoms with Crippen molar-refractivity contribution >= 4 is 18.3 Å². The number of hydrogen-bond donors (Lipinski definition) is 1. The Hall–Kier alpha value is -2.05. The van der Waals surface area contributed by atoms with E-state index in [4.69, 9.17) is 9.26 Å². The van der Waals surface area contributed by atoms with Gasteiger partial charge in [0, 0.05) is 19.6 Å². The molecule has 1 fully saturated rings. The first kappa shape index (κ1) is 19.3. The number of amides is 1. The summed E-state index contributed by atoms with van der Waals surface area (Å²) in [6, 6.07) is 7.59. The Bertz CT molecular complexity index is 707. The lowest BCUT2D eigenvalue weighted by Crippen LogP contribution is -2.38. The molecule has 1 aliphatic heterocycles. The van der Waals surface area contributed by atoms with Crippen molar-refractivity contribution in [3.8, 4) is 5.75 Å². The number of aromatic nitrogens is 1. The fourth-order valence-electron chi connectivity index (χ4n) is 2.95. The van der Waals surface area contributed by atoms with Gasteiger partial charge in [-0.25, -0.2) is 0 Å². The van der Waals surface area contributed by atoms with Gasteiger partial charge in [0.2, 0.25) is 0 Å². The molecule has 136 valence electrons. The zero-order valence-electron chi connectivity index (χ0n) is 14.7. The number of hydrogen-bond acceptors (Lipinski definition) is 5. The number of halogens is 1. The molecule has 7 heteroatoms. The van der Waals surface area contributed by atoms with Crippen molar-refractivity contribution < 1.29 is 14.1 Å². The zero-order chi connectivity index (χ0) is 17.1. The molecule has 1 aromatic heterocycles. The van der Waals surface area contributed by atoms with Crippen LogP contribution in [0.2, 0.25) is 0 Å². The Morgan fingerprint density at radius 3 is 2.80 bits per heavy atom. The van der Waals surface area contributed by atoms with Crippen molar-refractivity contribution in [3.63, 3.8) is 0 Å². The van der Waals surface area contributed by atoms with Gasteiger partial charge in [0.1, 0.15) is 18.1 Å². The van der Waals surface area contributed by atoms with Crippen LogP contribution in [0.4, 0.5) is 0 Å². The number of carbonyl (C=O) groups excluding carboxylic acids is 1. The lowest BCUT2D eigenvalue weighted by Gasteiger charge is -2.24. The Morgan fingerprint density at radius 2 is 2.16 bits per heavy atom. The normalized spacial score (nSPS) is 16.4. The SMILES string of the molecule is Cc1noc(C)c1COc1ccccc1C(=O)N(C)C1CCNC1.Cl. The van der Waals surface area contributed by atoms with Crippen molar-refractivity contribution in [2.45, 2.75) is 32.9 Å². The van der Waals surface area contributed by atoms with Gasteiger partial charge < -0.3 is 19.5 Å². The maximum absolute atomic E-state index is 12.8. The molecule has 1 unspecified atom stereocenters. The van der Waals surface area contributed by atoms with Crippen molar-refractivity contribution in [3.05, 3.63) is 46.8 Å². The summed E-state index contributed by atoms with van der Waals surface area (Å²) in [7, 11) is 1.85. The molecule has 1 amide bonds. The van der Waals surface area contributed by atoms with Gasteiger partial charge >= 0.3 is 0 Å². The van der Waals surface area contributed by atoms with E-state index in [-0.39, 0.29) is 24.4 Å². The van der Waals surface area contributed by atoms with Crippen LogP contribution in [0.15, 0.2) is 28.8 Å². The van der Waals surface area contributed by atoms with Gasteiger partial charge in [0.25, 0.3) is 5.91 Å². The number of carbonyl (C=O) groups is 1. The molecule has 0 radical (unpaired) electrons. The summed E-state index contributed by atoms with van der Waals surface area (Å²) < 4.78 is 11.1. The first-order chi connectivity index (χ1) is 11.6. The van der Waals surface area contributed by atoms with E-state index in [1.165, 1.54) is 0 Å². The lowest BCUT2D eigenvalue weighted by molar-refractivity contribution is 0.0739. The molecule has 1 atom stereocenters. The van der Waals surface area contributed by atoms with Gasteiger partial charge in [0.15, 0.2) is 0 Å². The van der Waals surface area contributed by atoms with Gasteiger partial charge in [0.05, 0.1) is 16.8 Å². The molecule has 3 rings (SSSR count). The number of rotatable bonds is 5. The van der Waals surface area contributed by atoms with Gasteiger partial charge in [-0.1, -0.05) is 17.3 Å². The number of likely N-dealkylation sites (N-methyl/N-ethyl adjacent to an activating group) is 1. The van der Waals surface area contributed by atoms with Crippen molar-refractivity contribution in [2.24, 2.45) is 0 Å². The monoisotopic (exact) mass is 365 g/mol. The summed E-state index contributed by atoms with van der Waals surface area (Å²) in [4.78, 5) is 14.6. The zero-order valence-corrected chi connectivity index (χ0v) is 15.6. The van der Waals surface area contributed by atoms with E-state index in [1.807, 2.05) is 45.2 Å². The molecule has 0 saturated carbocycles. The van der Waals surface area contributed by atoms with Crippen molar-refractivity contribution in [1.29, 1.82) is 0 Å². The maximum atomic E-state index is 12.8. The van der Waals surface area contributed by atoms with Crippen LogP contribution in [-0.4, -0.2) is 42.1 Å². The molecule has 1 aromatic carbocycles. The highest BCUT2D eigenvalue weighted by atomic mass is 35.5. The van der Waals surface area contributed by atoms with E-state index in [0.717, 1.165) is 36.5 Å². The minimum Gasteiger partial charge on any atom is -0.488 e. The summed E-state index contributed by atoms with van der Waals surface area (Å²) in [5.41, 5.74) is 2.31. The largest absolute Gasteiger partial charge is 0.488 e. The van der Waals surface area contributed by atoms with E-state index in [0.29, 0.717) is 17.9 Å². The van der Waals surface area contributed by atoms with E-state index >= 15 is 0 Å². The average Bonchev–Trinajstić information content (AvgIpc) is 3.23. The number of nitrogens with zero attached hydrogens (tertiary/aromatic N) is 2. The van der Waals surface area contributed by atoms with Gasteiger partial charge in [-0.15, -0.1) is 12.4 Å². The number of nitrogens with one attached hydrogen (secondary N) is 1. The van der Waals surface area contributed by atoms with Gasteiger partial charge in [-0.05, 0) is 38.9 Å². The van der Waals surface area contributed by atoms with E-state index in [9.17, 15) is 4.79 Å². The minimum atomic E-state index is -0.0157. The Balaban J connectivity index is 0.00000225. The molecule has 0 aliphatic carbocycles. The van der Waals surface area contributed by atoms with Crippen LogP contribution in [0.1, 0.15) is 33.8 Å². The Kier molecular flexibility index (Phi) is 6.45. The highest BCUT2D eigenvalue weighted by molar-refractivity contribution is 5.97. The molecule has 2 heterocycles. The second-order valence-corrected chi connectivity index (χ2v) is 6.15. The molecule has 1 saturated heterocycles. The van der Waals surface area contributed by atoms with E-state index in [1.54, 1.807) is 4.90 Å². The predicted octanol–water partition coefficient (Wildman–Crippen LogP) is 2.73. The standard InChI is InChI=1S/C18H23N3O3.ClH/c1-12-16(13(2)24-20-12)11-23-17-7-5-4-6-15(17)18(22)21(3)14-8-9-19-10-14;/h4-7,14,19H,8-11H2,1-3H3;1H. The fourth-order valence-corrected chi connectivity index (χ4v) is 2.95. The molecule has 6 nitrogen and oxygen atoms in total. The smallest absolute Gasteiger partial charge is 0.257 e. The first-order valence-corrected chi connectivity index (χ1v) is 8.19. The molecule has 0 bridgehead atoms. The highest BCUT2D eigenvalue weighted by Gasteiger charge is 2.26. The number of ether oxygens (including phenoxy) is 1. The quantitative estimate of drug-likeness (QED) is 0.882. The predicted molar refractivity (Wildman–Crippen MR) is 97.4 cm³/mol. The molecular weight excluding hydrogens is 342 g/mol. The van der Waals surface area contributed by atoms with E-state index < -0.39 is 0 Å². The Morgan fingerprint density at radius 1 is 1.40 bits per heavy atom.